The fourth-order valence-electron chi connectivity index (χ4n) is 1.03. The van der Waals surface area contributed by atoms with Crippen molar-refractivity contribution in [1.82, 2.24) is 0 Å². The summed E-state index contributed by atoms with van der Waals surface area (Å²) in [6.07, 6.45) is 3.71. The van der Waals surface area contributed by atoms with Crippen LogP contribution in [0, 0.1) is 11.3 Å². The van der Waals surface area contributed by atoms with Gasteiger partial charge in [0.15, 0.2) is 0 Å². The number of hydrogen-bond donors (Lipinski definition) is 1. The summed E-state index contributed by atoms with van der Waals surface area (Å²) < 4.78 is 0. The second-order valence-corrected chi connectivity index (χ2v) is 2.42. The molecule has 2 nitrogen and oxygen atoms in total. The van der Waals surface area contributed by atoms with E-state index in [1.54, 1.807) is 18.2 Å². The van der Waals surface area contributed by atoms with E-state index in [-0.39, 0.29) is 0 Å². The first-order chi connectivity index (χ1) is 5.79. The molecule has 0 unspecified atom stereocenters. The van der Waals surface area contributed by atoms with Crippen molar-refractivity contribution in [2.24, 2.45) is 0 Å². The monoisotopic (exact) mass is 158 g/mol. The van der Waals surface area contributed by atoms with Crippen LogP contribution >= 0.6 is 0 Å². The highest BCUT2D eigenvalue weighted by Crippen LogP contribution is 2.17. The average molecular weight is 158 g/mol. The van der Waals surface area contributed by atoms with Crippen LogP contribution in [0.2, 0.25) is 0 Å². The van der Waals surface area contributed by atoms with Crippen LogP contribution in [0.25, 0.3) is 6.08 Å². The van der Waals surface area contributed by atoms with Crippen LogP contribution in [0.5, 0.6) is 0 Å². The predicted octanol–water partition coefficient (Wildman–Crippen LogP) is 2.17. The van der Waals surface area contributed by atoms with Crippen LogP contribution < -0.4 is 5.73 Å². The maximum absolute atomic E-state index is 8.73. The minimum Gasteiger partial charge on any atom is -0.398 e. The summed E-state index contributed by atoms with van der Waals surface area (Å²) in [5, 5.41) is 8.73. The lowest BCUT2D eigenvalue weighted by Gasteiger charge is -2.00. The first-order valence-corrected chi connectivity index (χ1v) is 3.71. The zero-order valence-corrected chi connectivity index (χ0v) is 6.91. The van der Waals surface area contributed by atoms with E-state index in [9.17, 15) is 0 Å². The highest BCUT2D eigenvalue weighted by atomic mass is 14.6. The molecule has 60 valence electrons. The standard InChI is InChI=1S/C10H10N2/c1-2-4-9-8(7-11)5-3-6-10(9)12/h2-6H,12H2,1H3/b4-2+. The number of nitrogens with two attached hydrogens (primary N) is 1. The molecule has 0 aromatic heterocycles. The molecule has 0 bridgehead atoms. The van der Waals surface area contributed by atoms with Gasteiger partial charge >= 0.3 is 0 Å². The van der Waals surface area contributed by atoms with Gasteiger partial charge in [0.1, 0.15) is 0 Å². The molecule has 0 aliphatic rings. The van der Waals surface area contributed by atoms with Crippen molar-refractivity contribution in [2.45, 2.75) is 6.92 Å². The molecule has 0 radical (unpaired) electrons. The number of hydrogen-bond acceptors (Lipinski definition) is 2. The minimum absolute atomic E-state index is 0.619. The Hall–Kier alpha value is -1.75. The van der Waals surface area contributed by atoms with E-state index in [0.29, 0.717) is 11.3 Å². The summed E-state index contributed by atoms with van der Waals surface area (Å²) in [6.45, 7) is 1.90. The van der Waals surface area contributed by atoms with Crippen LogP contribution in [-0.2, 0) is 0 Å². The number of nitriles is 1. The van der Waals surface area contributed by atoms with Crippen LogP contribution in [0.3, 0.4) is 0 Å². The summed E-state index contributed by atoms with van der Waals surface area (Å²) in [5.41, 5.74) is 7.75. The molecule has 2 N–H and O–H groups in total. The Morgan fingerprint density at radius 1 is 1.50 bits per heavy atom. The normalized spacial score (nSPS) is 10.0. The van der Waals surface area contributed by atoms with Crippen molar-refractivity contribution in [3.05, 3.63) is 35.4 Å². The molecule has 0 saturated heterocycles. The zero-order chi connectivity index (χ0) is 8.97. The predicted molar refractivity (Wildman–Crippen MR) is 50.3 cm³/mol. The molecular weight excluding hydrogens is 148 g/mol. The molecule has 12 heavy (non-hydrogen) atoms. The Morgan fingerprint density at radius 2 is 2.25 bits per heavy atom. The summed E-state index contributed by atoms with van der Waals surface area (Å²) >= 11 is 0. The van der Waals surface area contributed by atoms with Crippen molar-refractivity contribution in [1.29, 1.82) is 5.26 Å². The van der Waals surface area contributed by atoms with E-state index < -0.39 is 0 Å². The third kappa shape index (κ3) is 1.46. The molecule has 0 atom stereocenters. The Kier molecular flexibility index (Phi) is 2.49. The van der Waals surface area contributed by atoms with E-state index in [2.05, 4.69) is 6.07 Å². The van der Waals surface area contributed by atoms with Gasteiger partial charge in [-0.05, 0) is 19.1 Å². The van der Waals surface area contributed by atoms with Gasteiger partial charge in [0.25, 0.3) is 0 Å². The number of allylic oxidation sites excluding steroid dienone is 1. The first-order valence-electron chi connectivity index (χ1n) is 3.71. The van der Waals surface area contributed by atoms with Crippen molar-refractivity contribution < 1.29 is 0 Å². The smallest absolute Gasteiger partial charge is 0.0998 e. The highest BCUT2D eigenvalue weighted by molar-refractivity contribution is 5.70. The van der Waals surface area contributed by atoms with Crippen molar-refractivity contribution >= 4 is 11.8 Å². The molecule has 0 saturated carbocycles. The lowest BCUT2D eigenvalue weighted by Crippen LogP contribution is -1.91. The number of nitrogens with zero attached hydrogens (tertiary/aromatic N) is 1. The molecule has 0 fully saturated rings. The number of rotatable bonds is 1. The van der Waals surface area contributed by atoms with Gasteiger partial charge in [-0.25, -0.2) is 0 Å². The second kappa shape index (κ2) is 3.59. The Morgan fingerprint density at radius 3 is 2.83 bits per heavy atom. The van der Waals surface area contributed by atoms with E-state index in [0.717, 1.165) is 5.56 Å². The first kappa shape index (κ1) is 8.35. The second-order valence-electron chi connectivity index (χ2n) is 2.42. The number of nitrogen functional groups attached to an aromatic ring is 1. The third-order valence-corrected chi connectivity index (χ3v) is 1.59. The Bertz CT molecular complexity index is 345. The summed E-state index contributed by atoms with van der Waals surface area (Å²) in [5.74, 6) is 0. The molecule has 0 amide bonds. The molecule has 0 aliphatic heterocycles. The molecule has 0 heterocycles. The summed E-state index contributed by atoms with van der Waals surface area (Å²) in [6, 6.07) is 7.41. The molecule has 1 aromatic rings. The maximum Gasteiger partial charge on any atom is 0.0998 e. The topological polar surface area (TPSA) is 49.8 Å². The van der Waals surface area contributed by atoms with E-state index in [1.807, 2.05) is 19.1 Å². The summed E-state index contributed by atoms with van der Waals surface area (Å²) in [7, 11) is 0. The summed E-state index contributed by atoms with van der Waals surface area (Å²) in [4.78, 5) is 0. The van der Waals surface area contributed by atoms with Crippen molar-refractivity contribution in [2.75, 3.05) is 5.73 Å². The fourth-order valence-corrected chi connectivity index (χ4v) is 1.03. The van der Waals surface area contributed by atoms with Gasteiger partial charge in [-0.15, -0.1) is 0 Å². The van der Waals surface area contributed by atoms with Gasteiger partial charge in [0.2, 0.25) is 0 Å². The van der Waals surface area contributed by atoms with E-state index in [4.69, 9.17) is 11.0 Å². The van der Waals surface area contributed by atoms with Gasteiger partial charge in [0.05, 0.1) is 11.6 Å². The maximum atomic E-state index is 8.73. The molecule has 2 heteroatoms. The van der Waals surface area contributed by atoms with Gasteiger partial charge in [-0.1, -0.05) is 18.2 Å². The van der Waals surface area contributed by atoms with Crippen molar-refractivity contribution in [3.63, 3.8) is 0 Å². The van der Waals surface area contributed by atoms with Crippen molar-refractivity contribution in [3.8, 4) is 6.07 Å². The minimum atomic E-state index is 0.619. The van der Waals surface area contributed by atoms with Gasteiger partial charge in [0, 0.05) is 11.3 Å². The van der Waals surface area contributed by atoms with Crippen LogP contribution in [0.1, 0.15) is 18.1 Å². The Labute approximate surface area is 71.9 Å². The molecule has 1 aromatic carbocycles. The van der Waals surface area contributed by atoms with Crippen LogP contribution in [0.4, 0.5) is 5.69 Å². The van der Waals surface area contributed by atoms with E-state index >= 15 is 0 Å². The van der Waals surface area contributed by atoms with Crippen LogP contribution in [-0.4, -0.2) is 0 Å². The molecule has 0 aliphatic carbocycles. The number of anilines is 1. The third-order valence-electron chi connectivity index (χ3n) is 1.59. The quantitative estimate of drug-likeness (QED) is 0.637. The van der Waals surface area contributed by atoms with Gasteiger partial charge < -0.3 is 5.73 Å². The largest absolute Gasteiger partial charge is 0.398 e. The lowest BCUT2D eigenvalue weighted by atomic mass is 10.1. The van der Waals surface area contributed by atoms with E-state index in [1.165, 1.54) is 0 Å². The lowest BCUT2D eigenvalue weighted by molar-refractivity contribution is 1.47. The SMILES string of the molecule is C/C=C/c1c(N)cccc1C#N. The van der Waals surface area contributed by atoms with Gasteiger partial charge in [-0.2, -0.15) is 5.26 Å². The molecule has 1 rings (SSSR count). The van der Waals surface area contributed by atoms with Crippen LogP contribution in [0.15, 0.2) is 24.3 Å². The average Bonchev–Trinajstić information content (AvgIpc) is 2.09. The fraction of sp³-hybridized carbons (Fsp3) is 0.100. The number of benzene rings is 1. The highest BCUT2D eigenvalue weighted by Gasteiger charge is 2.00. The molecule has 0 spiro atoms. The zero-order valence-electron chi connectivity index (χ0n) is 6.91. The van der Waals surface area contributed by atoms with Gasteiger partial charge in [-0.3, -0.25) is 0 Å². The Balaban J connectivity index is 3.32. The molecular formula is C10H10N2.